The van der Waals surface area contributed by atoms with Crippen LogP contribution in [0.4, 0.5) is 10.5 Å². The van der Waals surface area contributed by atoms with Gasteiger partial charge in [0.2, 0.25) is 0 Å². The summed E-state index contributed by atoms with van der Waals surface area (Å²) < 4.78 is 10.6. The summed E-state index contributed by atoms with van der Waals surface area (Å²) in [5.74, 6) is 0. The maximum absolute atomic E-state index is 11.9. The molecule has 1 fully saturated rings. The van der Waals surface area contributed by atoms with E-state index in [0.717, 1.165) is 24.3 Å². The first-order valence-corrected chi connectivity index (χ1v) is 7.92. The summed E-state index contributed by atoms with van der Waals surface area (Å²) in [4.78, 5) is 14.1. The summed E-state index contributed by atoms with van der Waals surface area (Å²) >= 11 is 0. The van der Waals surface area contributed by atoms with Crippen molar-refractivity contribution in [1.29, 1.82) is 0 Å². The van der Waals surface area contributed by atoms with Gasteiger partial charge in [0.25, 0.3) is 0 Å². The van der Waals surface area contributed by atoms with Crippen molar-refractivity contribution in [3.05, 3.63) is 29.8 Å². The number of ether oxygens (including phenoxy) is 2. The molecule has 0 saturated carbocycles. The van der Waals surface area contributed by atoms with Crippen LogP contribution in [0.2, 0.25) is 0 Å². The van der Waals surface area contributed by atoms with Gasteiger partial charge in [0.05, 0.1) is 25.9 Å². The van der Waals surface area contributed by atoms with Crippen molar-refractivity contribution >= 4 is 11.8 Å². The molecule has 1 saturated heterocycles. The first kappa shape index (κ1) is 17.6. The van der Waals surface area contributed by atoms with Gasteiger partial charge in [-0.25, -0.2) is 4.79 Å². The maximum Gasteiger partial charge on any atom is 0.408 e. The minimum Gasteiger partial charge on any atom is -0.444 e. The van der Waals surface area contributed by atoms with Gasteiger partial charge in [-0.05, 0) is 38.5 Å². The van der Waals surface area contributed by atoms with Crippen LogP contribution in [0.5, 0.6) is 0 Å². The van der Waals surface area contributed by atoms with Crippen LogP contribution < -0.4 is 10.2 Å². The molecule has 0 aliphatic carbocycles. The van der Waals surface area contributed by atoms with Gasteiger partial charge in [0.1, 0.15) is 5.60 Å². The zero-order valence-corrected chi connectivity index (χ0v) is 14.0. The molecule has 0 spiro atoms. The number of rotatable bonds is 4. The molecule has 0 radical (unpaired) electrons. The lowest BCUT2D eigenvalue weighted by Crippen LogP contribution is -2.37. The predicted octanol–water partition coefficient (Wildman–Crippen LogP) is 2.08. The Morgan fingerprint density at radius 3 is 2.70 bits per heavy atom. The smallest absolute Gasteiger partial charge is 0.408 e. The third-order valence-electron chi connectivity index (χ3n) is 3.52. The minimum absolute atomic E-state index is 0.189. The van der Waals surface area contributed by atoms with E-state index in [0.29, 0.717) is 13.2 Å². The molecule has 1 unspecified atom stereocenters. The third kappa shape index (κ3) is 5.41. The van der Waals surface area contributed by atoms with E-state index in [9.17, 15) is 9.90 Å². The number of carbonyl (C=O) groups excluding carboxylic acids is 1. The highest BCUT2D eigenvalue weighted by atomic mass is 16.6. The topological polar surface area (TPSA) is 71.0 Å². The van der Waals surface area contributed by atoms with Crippen LogP contribution in [0.1, 0.15) is 32.4 Å². The summed E-state index contributed by atoms with van der Waals surface area (Å²) in [6.07, 6.45) is -0.534. The van der Waals surface area contributed by atoms with Crippen molar-refractivity contribution in [1.82, 2.24) is 5.32 Å². The Labute approximate surface area is 137 Å². The van der Waals surface area contributed by atoms with Gasteiger partial charge in [-0.2, -0.15) is 0 Å². The second-order valence-electron chi connectivity index (χ2n) is 6.58. The van der Waals surface area contributed by atoms with Gasteiger partial charge >= 0.3 is 6.09 Å². The number of hydrogen-bond acceptors (Lipinski definition) is 5. The molecule has 1 amide bonds. The highest BCUT2D eigenvalue weighted by Gasteiger charge is 2.21. The Morgan fingerprint density at radius 1 is 1.39 bits per heavy atom. The molecule has 128 valence electrons. The number of aliphatic hydroxyl groups excluding tert-OH is 1. The van der Waals surface area contributed by atoms with E-state index in [1.165, 1.54) is 0 Å². The molecule has 1 aliphatic rings. The summed E-state index contributed by atoms with van der Waals surface area (Å²) in [7, 11) is 0. The third-order valence-corrected chi connectivity index (χ3v) is 3.52. The Hall–Kier alpha value is -1.79. The zero-order chi connectivity index (χ0) is 16.9. The predicted molar refractivity (Wildman–Crippen MR) is 88.7 cm³/mol. The fourth-order valence-electron chi connectivity index (χ4n) is 2.44. The number of alkyl carbamates (subject to hydrolysis) is 1. The Kier molecular flexibility index (Phi) is 5.85. The molecular formula is C17H26N2O4. The van der Waals surface area contributed by atoms with Crippen molar-refractivity contribution in [3.8, 4) is 0 Å². The van der Waals surface area contributed by atoms with Gasteiger partial charge in [0, 0.05) is 18.8 Å². The molecule has 1 aromatic rings. The SMILES string of the molecule is CC(C)(C)OC(=O)NC(CO)c1cccc(N2CCOCC2)c1. The number of benzene rings is 1. The summed E-state index contributed by atoms with van der Waals surface area (Å²) in [5, 5.41) is 12.3. The average Bonchev–Trinajstić information content (AvgIpc) is 2.52. The second kappa shape index (κ2) is 7.66. The van der Waals surface area contributed by atoms with Gasteiger partial charge in [0.15, 0.2) is 0 Å². The second-order valence-corrected chi connectivity index (χ2v) is 6.58. The molecule has 1 aliphatic heterocycles. The van der Waals surface area contributed by atoms with Crippen molar-refractivity contribution in [2.45, 2.75) is 32.4 Å². The molecule has 23 heavy (non-hydrogen) atoms. The lowest BCUT2D eigenvalue weighted by molar-refractivity contribution is 0.0482. The Bertz CT molecular complexity index is 522. The minimum atomic E-state index is -0.570. The van der Waals surface area contributed by atoms with Crippen LogP contribution in [0.15, 0.2) is 24.3 Å². The van der Waals surface area contributed by atoms with Crippen molar-refractivity contribution in [2.75, 3.05) is 37.8 Å². The molecule has 0 aromatic heterocycles. The number of hydrogen-bond donors (Lipinski definition) is 2. The largest absolute Gasteiger partial charge is 0.444 e. The van der Waals surface area contributed by atoms with E-state index in [-0.39, 0.29) is 6.61 Å². The van der Waals surface area contributed by atoms with E-state index in [2.05, 4.69) is 10.2 Å². The number of nitrogens with zero attached hydrogens (tertiary/aromatic N) is 1. The summed E-state index contributed by atoms with van der Waals surface area (Å²) in [5.41, 5.74) is 1.34. The van der Waals surface area contributed by atoms with E-state index < -0.39 is 17.7 Å². The highest BCUT2D eigenvalue weighted by molar-refractivity contribution is 5.68. The van der Waals surface area contributed by atoms with E-state index >= 15 is 0 Å². The number of aliphatic hydroxyl groups is 1. The van der Waals surface area contributed by atoms with Crippen molar-refractivity contribution in [3.63, 3.8) is 0 Å². The number of amides is 1. The van der Waals surface area contributed by atoms with Crippen LogP contribution in [0.3, 0.4) is 0 Å². The molecule has 0 bridgehead atoms. The van der Waals surface area contributed by atoms with Crippen LogP contribution in [0.25, 0.3) is 0 Å². The van der Waals surface area contributed by atoms with Crippen molar-refractivity contribution < 1.29 is 19.4 Å². The van der Waals surface area contributed by atoms with Gasteiger partial charge in [-0.3, -0.25) is 0 Å². The summed E-state index contributed by atoms with van der Waals surface area (Å²) in [6, 6.07) is 7.34. The molecule has 1 aromatic carbocycles. The lowest BCUT2D eigenvalue weighted by Gasteiger charge is -2.30. The fraction of sp³-hybridized carbons (Fsp3) is 0.588. The number of nitrogens with one attached hydrogen (secondary N) is 1. The Balaban J connectivity index is 2.07. The first-order valence-electron chi connectivity index (χ1n) is 7.92. The number of anilines is 1. The molecule has 1 heterocycles. The number of morpholine rings is 1. The normalized spacial score (nSPS) is 16.8. The molecule has 2 rings (SSSR count). The first-order chi connectivity index (χ1) is 10.9. The lowest BCUT2D eigenvalue weighted by atomic mass is 10.1. The van der Waals surface area contributed by atoms with Crippen LogP contribution >= 0.6 is 0 Å². The molecule has 6 heteroatoms. The van der Waals surface area contributed by atoms with Gasteiger partial charge < -0.3 is 24.8 Å². The Morgan fingerprint density at radius 2 is 2.09 bits per heavy atom. The standard InChI is InChI=1S/C17H26N2O4/c1-17(2,3)23-16(21)18-15(12-20)13-5-4-6-14(11-13)19-7-9-22-10-8-19/h4-6,11,15,20H,7-10,12H2,1-3H3,(H,18,21). The molecule has 6 nitrogen and oxygen atoms in total. The average molecular weight is 322 g/mol. The van der Waals surface area contributed by atoms with Gasteiger partial charge in [-0.1, -0.05) is 12.1 Å². The molecule has 1 atom stereocenters. The fourth-order valence-corrected chi connectivity index (χ4v) is 2.44. The maximum atomic E-state index is 11.9. The molecular weight excluding hydrogens is 296 g/mol. The van der Waals surface area contributed by atoms with Crippen LogP contribution in [-0.2, 0) is 9.47 Å². The van der Waals surface area contributed by atoms with Crippen molar-refractivity contribution in [2.24, 2.45) is 0 Å². The monoisotopic (exact) mass is 322 g/mol. The van der Waals surface area contributed by atoms with E-state index in [1.54, 1.807) is 20.8 Å². The van der Waals surface area contributed by atoms with Crippen LogP contribution in [-0.4, -0.2) is 49.7 Å². The summed E-state index contributed by atoms with van der Waals surface area (Å²) in [6.45, 7) is 8.33. The molecule has 2 N–H and O–H groups in total. The quantitative estimate of drug-likeness (QED) is 0.888. The van der Waals surface area contributed by atoms with E-state index in [1.807, 2.05) is 24.3 Å². The van der Waals surface area contributed by atoms with Crippen LogP contribution in [0, 0.1) is 0 Å². The zero-order valence-electron chi connectivity index (χ0n) is 14.0. The highest BCUT2D eigenvalue weighted by Crippen LogP contribution is 2.22. The number of carbonyl (C=O) groups is 1. The van der Waals surface area contributed by atoms with E-state index in [4.69, 9.17) is 9.47 Å². The van der Waals surface area contributed by atoms with Gasteiger partial charge in [-0.15, -0.1) is 0 Å².